The fourth-order valence-electron chi connectivity index (χ4n) is 3.92. The van der Waals surface area contributed by atoms with Crippen molar-refractivity contribution >= 4 is 5.91 Å². The molecule has 0 unspecified atom stereocenters. The van der Waals surface area contributed by atoms with E-state index in [2.05, 4.69) is 19.9 Å². The molecule has 27 heavy (non-hydrogen) atoms. The maximum Gasteiger partial charge on any atom is 0.255 e. The Morgan fingerprint density at radius 1 is 1.22 bits per heavy atom. The van der Waals surface area contributed by atoms with Crippen molar-refractivity contribution in [2.75, 3.05) is 13.1 Å². The number of pyridine rings is 1. The van der Waals surface area contributed by atoms with Gasteiger partial charge in [0.25, 0.3) is 5.91 Å². The van der Waals surface area contributed by atoms with E-state index >= 15 is 0 Å². The molecule has 1 amide bonds. The molecule has 0 aromatic carbocycles. The lowest BCUT2D eigenvalue weighted by Gasteiger charge is -2.33. The summed E-state index contributed by atoms with van der Waals surface area (Å²) < 4.78 is 0. The van der Waals surface area contributed by atoms with Gasteiger partial charge in [0.15, 0.2) is 0 Å². The van der Waals surface area contributed by atoms with Crippen molar-refractivity contribution < 1.29 is 4.79 Å². The Balaban J connectivity index is 1.61. The molecule has 3 aromatic heterocycles. The van der Waals surface area contributed by atoms with E-state index in [1.54, 1.807) is 18.7 Å². The van der Waals surface area contributed by atoms with Gasteiger partial charge in [-0.1, -0.05) is 0 Å². The van der Waals surface area contributed by atoms with Crippen LogP contribution in [-0.4, -0.2) is 43.8 Å². The molecule has 3 aromatic rings. The van der Waals surface area contributed by atoms with Gasteiger partial charge in [-0.25, -0.2) is 9.97 Å². The number of aryl methyl sites for hydroxylation is 2. The first-order chi connectivity index (χ1) is 13.1. The van der Waals surface area contributed by atoms with Crippen molar-refractivity contribution in [1.29, 1.82) is 0 Å². The number of amides is 1. The Morgan fingerprint density at radius 3 is 2.78 bits per heavy atom. The van der Waals surface area contributed by atoms with Crippen LogP contribution >= 0.6 is 0 Å². The molecule has 0 radical (unpaired) electrons. The van der Waals surface area contributed by atoms with Crippen molar-refractivity contribution in [2.24, 2.45) is 0 Å². The second-order valence-corrected chi connectivity index (χ2v) is 7.14. The number of aromatic nitrogens is 4. The van der Waals surface area contributed by atoms with Crippen LogP contribution in [0.2, 0.25) is 0 Å². The monoisotopic (exact) mass is 361 g/mol. The number of H-pyrrole nitrogens is 1. The van der Waals surface area contributed by atoms with Gasteiger partial charge < -0.3 is 9.88 Å². The Kier molecular flexibility index (Phi) is 4.71. The minimum Gasteiger partial charge on any atom is -0.362 e. The Bertz CT molecular complexity index is 950. The van der Waals surface area contributed by atoms with Crippen LogP contribution in [0.5, 0.6) is 0 Å². The molecule has 0 saturated carbocycles. The number of aromatic amines is 1. The first-order valence-corrected chi connectivity index (χ1v) is 9.29. The topological polar surface area (TPSA) is 74.8 Å². The molecule has 1 atom stereocenters. The summed E-state index contributed by atoms with van der Waals surface area (Å²) in [6.45, 7) is 5.39. The van der Waals surface area contributed by atoms with Crippen molar-refractivity contribution in [3.63, 3.8) is 0 Å². The molecule has 138 valence electrons. The van der Waals surface area contributed by atoms with E-state index in [0.29, 0.717) is 6.54 Å². The van der Waals surface area contributed by atoms with Crippen molar-refractivity contribution in [3.05, 3.63) is 65.8 Å². The molecule has 4 rings (SSSR count). The molecule has 1 N–H and O–H groups in total. The first kappa shape index (κ1) is 17.4. The normalized spacial score (nSPS) is 17.1. The average Bonchev–Trinajstić information content (AvgIpc) is 3.06. The molecule has 0 spiro atoms. The number of rotatable bonds is 3. The van der Waals surface area contributed by atoms with Gasteiger partial charge in [-0.3, -0.25) is 9.78 Å². The number of nitrogens with one attached hydrogen (secondary N) is 1. The Labute approximate surface area is 158 Å². The maximum atomic E-state index is 13.0. The van der Waals surface area contributed by atoms with Gasteiger partial charge in [0.05, 0.1) is 11.3 Å². The molecular formula is C21H23N5O. The summed E-state index contributed by atoms with van der Waals surface area (Å²) in [6.07, 6.45) is 9.00. The predicted molar refractivity (Wildman–Crippen MR) is 103 cm³/mol. The molecule has 1 fully saturated rings. The number of carbonyl (C=O) groups is 1. The third kappa shape index (κ3) is 3.47. The van der Waals surface area contributed by atoms with E-state index in [1.807, 2.05) is 43.1 Å². The van der Waals surface area contributed by atoms with Crippen LogP contribution in [0.4, 0.5) is 0 Å². The van der Waals surface area contributed by atoms with Crippen LogP contribution in [0.15, 0.2) is 43.1 Å². The smallest absolute Gasteiger partial charge is 0.255 e. The largest absolute Gasteiger partial charge is 0.362 e. The van der Waals surface area contributed by atoms with Crippen LogP contribution < -0.4 is 0 Å². The molecule has 0 aliphatic carbocycles. The quantitative estimate of drug-likeness (QED) is 0.775. The summed E-state index contributed by atoms with van der Waals surface area (Å²) in [5.41, 5.74) is 5.80. The Morgan fingerprint density at radius 2 is 2.04 bits per heavy atom. The van der Waals surface area contributed by atoms with E-state index in [9.17, 15) is 4.79 Å². The van der Waals surface area contributed by atoms with Crippen LogP contribution in [0.3, 0.4) is 0 Å². The molecule has 6 heteroatoms. The van der Waals surface area contributed by atoms with Gasteiger partial charge in [0.1, 0.15) is 6.33 Å². The molecule has 4 heterocycles. The van der Waals surface area contributed by atoms with Crippen LogP contribution in [0.25, 0.3) is 11.1 Å². The SMILES string of the molecule is Cc1cc(C(=O)N2CCC[C@@H](c3ncncc3-c3ccncc3)C2)c(C)[nH]1. The van der Waals surface area contributed by atoms with E-state index in [1.165, 1.54) is 0 Å². The van der Waals surface area contributed by atoms with E-state index in [0.717, 1.165) is 53.2 Å². The first-order valence-electron chi connectivity index (χ1n) is 9.29. The van der Waals surface area contributed by atoms with Crippen molar-refractivity contribution in [3.8, 4) is 11.1 Å². The molecule has 1 aliphatic heterocycles. The van der Waals surface area contributed by atoms with Gasteiger partial charge >= 0.3 is 0 Å². The highest BCUT2D eigenvalue weighted by atomic mass is 16.2. The highest BCUT2D eigenvalue weighted by Gasteiger charge is 2.29. The molecule has 6 nitrogen and oxygen atoms in total. The maximum absolute atomic E-state index is 13.0. The fourth-order valence-corrected chi connectivity index (χ4v) is 3.92. The third-order valence-electron chi connectivity index (χ3n) is 5.21. The average molecular weight is 361 g/mol. The summed E-state index contributed by atoms with van der Waals surface area (Å²) in [7, 11) is 0. The number of hydrogen-bond donors (Lipinski definition) is 1. The lowest BCUT2D eigenvalue weighted by molar-refractivity contribution is 0.0705. The molecular weight excluding hydrogens is 338 g/mol. The molecule has 1 aliphatic rings. The van der Waals surface area contributed by atoms with Gasteiger partial charge in [-0.15, -0.1) is 0 Å². The number of likely N-dealkylation sites (tertiary alicyclic amines) is 1. The molecule has 1 saturated heterocycles. The van der Waals surface area contributed by atoms with Crippen LogP contribution in [0, 0.1) is 13.8 Å². The third-order valence-corrected chi connectivity index (χ3v) is 5.21. The highest BCUT2D eigenvalue weighted by Crippen LogP contribution is 2.33. The minimum absolute atomic E-state index is 0.0982. The van der Waals surface area contributed by atoms with Gasteiger partial charge in [0.2, 0.25) is 0 Å². The minimum atomic E-state index is 0.0982. The lowest BCUT2D eigenvalue weighted by Crippen LogP contribution is -2.39. The predicted octanol–water partition coefficient (Wildman–Crippen LogP) is 3.50. The number of hydrogen-bond acceptors (Lipinski definition) is 4. The second-order valence-electron chi connectivity index (χ2n) is 7.14. The summed E-state index contributed by atoms with van der Waals surface area (Å²) in [5, 5.41) is 0. The van der Waals surface area contributed by atoms with E-state index < -0.39 is 0 Å². The zero-order chi connectivity index (χ0) is 18.8. The summed E-state index contributed by atoms with van der Waals surface area (Å²) >= 11 is 0. The van der Waals surface area contributed by atoms with Crippen LogP contribution in [0.1, 0.15) is 46.2 Å². The lowest BCUT2D eigenvalue weighted by atomic mass is 9.90. The summed E-state index contributed by atoms with van der Waals surface area (Å²) in [5.74, 6) is 0.301. The van der Waals surface area contributed by atoms with Crippen molar-refractivity contribution in [2.45, 2.75) is 32.6 Å². The van der Waals surface area contributed by atoms with Gasteiger partial charge in [-0.2, -0.15) is 0 Å². The molecule has 0 bridgehead atoms. The van der Waals surface area contributed by atoms with Gasteiger partial charge in [-0.05, 0) is 50.5 Å². The summed E-state index contributed by atoms with van der Waals surface area (Å²) in [6, 6.07) is 5.88. The Hall–Kier alpha value is -3.02. The number of nitrogens with zero attached hydrogens (tertiary/aromatic N) is 4. The van der Waals surface area contributed by atoms with Crippen LogP contribution in [-0.2, 0) is 0 Å². The highest BCUT2D eigenvalue weighted by molar-refractivity contribution is 5.95. The van der Waals surface area contributed by atoms with E-state index in [-0.39, 0.29) is 11.8 Å². The zero-order valence-electron chi connectivity index (χ0n) is 15.6. The van der Waals surface area contributed by atoms with Crippen molar-refractivity contribution in [1.82, 2.24) is 24.8 Å². The number of carbonyl (C=O) groups excluding carboxylic acids is 1. The fraction of sp³-hybridized carbons (Fsp3) is 0.333. The zero-order valence-corrected chi connectivity index (χ0v) is 15.6. The standard InChI is InChI=1S/C21H23N5O/c1-14-10-18(15(2)25-14)21(27)26-9-3-4-17(12-26)20-19(11-23-13-24-20)16-5-7-22-8-6-16/h5-8,10-11,13,17,25H,3-4,9,12H2,1-2H3/t17-/m1/s1. The van der Waals surface area contributed by atoms with Gasteiger partial charge in [0, 0.05) is 54.5 Å². The van der Waals surface area contributed by atoms with E-state index in [4.69, 9.17) is 0 Å². The second kappa shape index (κ2) is 7.31. The number of piperidine rings is 1. The summed E-state index contributed by atoms with van der Waals surface area (Å²) in [4.78, 5) is 31.1.